The molecule has 1 heterocycles. The number of halogens is 6. The molecule has 1 aromatic heterocycles. The van der Waals surface area contributed by atoms with Gasteiger partial charge >= 0.3 is 12.4 Å². The summed E-state index contributed by atoms with van der Waals surface area (Å²) in [5, 5.41) is 12.6. The Morgan fingerprint density at radius 1 is 1.15 bits per heavy atom. The minimum atomic E-state index is -5.41. The van der Waals surface area contributed by atoms with Crippen LogP contribution in [0.2, 0.25) is 0 Å². The van der Waals surface area contributed by atoms with Crippen molar-refractivity contribution in [2.24, 2.45) is 13.0 Å². The average Bonchev–Trinajstić information content (AvgIpc) is 2.59. The highest BCUT2D eigenvalue weighted by atomic mass is 19.4. The van der Waals surface area contributed by atoms with Crippen molar-refractivity contribution in [3.8, 4) is 0 Å². The molecule has 0 fully saturated rings. The zero-order chi connectivity index (χ0) is 15.6. The fraction of sp³-hybridized carbons (Fsp3) is 0.889. The lowest BCUT2D eigenvalue weighted by molar-refractivity contribution is -0.291. The molecule has 0 aliphatic rings. The van der Waals surface area contributed by atoms with E-state index in [9.17, 15) is 26.3 Å². The van der Waals surface area contributed by atoms with Gasteiger partial charge in [0.05, 0.1) is 7.05 Å². The molecule has 0 radical (unpaired) electrons. The molecule has 5 nitrogen and oxygen atoms in total. The number of rotatable bonds is 5. The van der Waals surface area contributed by atoms with Gasteiger partial charge in [-0.25, -0.2) is 0 Å². The molecule has 0 spiro atoms. The lowest BCUT2D eigenvalue weighted by atomic mass is 9.95. The summed E-state index contributed by atoms with van der Waals surface area (Å²) >= 11 is 0. The molecule has 0 aliphatic heterocycles. The van der Waals surface area contributed by atoms with Gasteiger partial charge < -0.3 is 5.32 Å². The van der Waals surface area contributed by atoms with Crippen LogP contribution in [0.4, 0.5) is 26.3 Å². The van der Waals surface area contributed by atoms with E-state index in [1.165, 1.54) is 14.0 Å². The van der Waals surface area contributed by atoms with Gasteiger partial charge in [-0.2, -0.15) is 31.1 Å². The molecule has 1 rings (SSSR count). The van der Waals surface area contributed by atoms with Gasteiger partial charge in [-0.1, -0.05) is 6.92 Å². The molecule has 116 valence electrons. The monoisotopic (exact) mass is 305 g/mol. The fourth-order valence-corrected chi connectivity index (χ4v) is 1.81. The largest absolute Gasteiger partial charge is 0.402 e. The molecule has 0 aliphatic carbocycles. The maximum absolute atomic E-state index is 12.7. The number of aromatic nitrogens is 4. The maximum atomic E-state index is 12.7. The molecule has 0 amide bonds. The second kappa shape index (κ2) is 5.94. The number of nitrogens with zero attached hydrogens (tertiary/aromatic N) is 4. The number of aryl methyl sites for hydroxylation is 1. The SMILES string of the molecule is CCNC(Cc1nnn(C)n1)C(C(F)(F)F)C(F)(F)F. The van der Waals surface area contributed by atoms with Crippen LogP contribution in [0.3, 0.4) is 0 Å². The number of alkyl halides is 6. The van der Waals surface area contributed by atoms with Crippen LogP contribution < -0.4 is 5.32 Å². The van der Waals surface area contributed by atoms with Crippen LogP contribution in [-0.4, -0.2) is 45.1 Å². The molecule has 20 heavy (non-hydrogen) atoms. The summed E-state index contributed by atoms with van der Waals surface area (Å²) in [4.78, 5) is 0.967. The van der Waals surface area contributed by atoms with Crippen LogP contribution in [0, 0.1) is 5.92 Å². The summed E-state index contributed by atoms with van der Waals surface area (Å²) in [6.45, 7) is 1.37. The smallest absolute Gasteiger partial charge is 0.313 e. The summed E-state index contributed by atoms with van der Waals surface area (Å²) < 4.78 is 76.1. The standard InChI is InChI=1S/C9H13F6N5/c1-3-16-5(4-6-17-19-20(2)18-6)7(8(10,11)12)9(13,14)15/h5,7,16H,3-4H2,1-2H3. The number of likely N-dealkylation sites (N-methyl/N-ethyl adjacent to an activating group) is 1. The number of nitrogens with one attached hydrogen (secondary N) is 1. The maximum Gasteiger partial charge on any atom is 0.402 e. The van der Waals surface area contributed by atoms with Crippen molar-refractivity contribution in [3.63, 3.8) is 0 Å². The van der Waals surface area contributed by atoms with Gasteiger partial charge in [0.25, 0.3) is 0 Å². The van der Waals surface area contributed by atoms with Crippen molar-refractivity contribution < 1.29 is 26.3 Å². The van der Waals surface area contributed by atoms with E-state index in [0.717, 1.165) is 4.80 Å². The van der Waals surface area contributed by atoms with Crippen LogP contribution >= 0.6 is 0 Å². The number of hydrogen-bond donors (Lipinski definition) is 1. The van der Waals surface area contributed by atoms with Gasteiger partial charge in [-0.15, -0.1) is 10.2 Å². The van der Waals surface area contributed by atoms with Crippen molar-refractivity contribution in [2.45, 2.75) is 31.7 Å². The van der Waals surface area contributed by atoms with E-state index < -0.39 is 30.7 Å². The third-order valence-electron chi connectivity index (χ3n) is 2.53. The third-order valence-corrected chi connectivity index (χ3v) is 2.53. The lowest BCUT2D eigenvalue weighted by Crippen LogP contribution is -2.52. The van der Waals surface area contributed by atoms with Crippen molar-refractivity contribution in [1.82, 2.24) is 25.5 Å². The zero-order valence-corrected chi connectivity index (χ0v) is 10.6. The molecule has 0 aromatic carbocycles. The molecule has 0 bridgehead atoms. The first-order chi connectivity index (χ1) is 9.05. The number of hydrogen-bond acceptors (Lipinski definition) is 4. The number of tetrazole rings is 1. The fourth-order valence-electron chi connectivity index (χ4n) is 1.81. The van der Waals surface area contributed by atoms with Crippen LogP contribution in [-0.2, 0) is 13.5 Å². The van der Waals surface area contributed by atoms with E-state index in [2.05, 4.69) is 20.7 Å². The molecular weight excluding hydrogens is 292 g/mol. The Bertz CT molecular complexity index is 411. The molecule has 0 saturated heterocycles. The molecule has 11 heteroatoms. The minimum Gasteiger partial charge on any atom is -0.313 e. The van der Waals surface area contributed by atoms with E-state index in [-0.39, 0.29) is 12.4 Å². The van der Waals surface area contributed by atoms with Crippen molar-refractivity contribution >= 4 is 0 Å². The Balaban J connectivity index is 3.02. The Labute approximate surface area is 110 Å². The van der Waals surface area contributed by atoms with Gasteiger partial charge in [0.1, 0.15) is 0 Å². The van der Waals surface area contributed by atoms with E-state index in [4.69, 9.17) is 0 Å². The van der Waals surface area contributed by atoms with Gasteiger partial charge in [0.2, 0.25) is 0 Å². The first-order valence-corrected chi connectivity index (χ1v) is 5.65. The normalized spacial score (nSPS) is 14.8. The van der Waals surface area contributed by atoms with E-state index in [0.29, 0.717) is 0 Å². The Kier molecular flexibility index (Phi) is 4.95. The van der Waals surface area contributed by atoms with Gasteiger partial charge in [0, 0.05) is 12.5 Å². The molecular formula is C9H13F6N5. The second-order valence-electron chi connectivity index (χ2n) is 4.12. The Morgan fingerprint density at radius 3 is 2.05 bits per heavy atom. The van der Waals surface area contributed by atoms with Crippen LogP contribution in [0.1, 0.15) is 12.7 Å². The highest BCUT2D eigenvalue weighted by Crippen LogP contribution is 2.41. The highest BCUT2D eigenvalue weighted by Gasteiger charge is 2.60. The van der Waals surface area contributed by atoms with Crippen LogP contribution in [0.5, 0.6) is 0 Å². The second-order valence-corrected chi connectivity index (χ2v) is 4.12. The zero-order valence-electron chi connectivity index (χ0n) is 10.6. The summed E-state index contributed by atoms with van der Waals surface area (Å²) in [6, 6.07) is -1.90. The predicted octanol–water partition coefficient (Wildman–Crippen LogP) is 1.47. The van der Waals surface area contributed by atoms with Gasteiger partial charge in [-0.05, 0) is 11.8 Å². The molecule has 1 N–H and O–H groups in total. The quantitative estimate of drug-likeness (QED) is 0.837. The minimum absolute atomic E-state index is 0.0480. The average molecular weight is 305 g/mol. The summed E-state index contributed by atoms with van der Waals surface area (Å²) in [5.41, 5.74) is 0. The van der Waals surface area contributed by atoms with Crippen molar-refractivity contribution in [3.05, 3.63) is 5.82 Å². The van der Waals surface area contributed by atoms with Crippen molar-refractivity contribution in [2.75, 3.05) is 6.54 Å². The third kappa shape index (κ3) is 4.32. The molecule has 1 unspecified atom stereocenters. The molecule has 1 atom stereocenters. The van der Waals surface area contributed by atoms with E-state index in [1.807, 2.05) is 0 Å². The molecule has 1 aromatic rings. The first-order valence-electron chi connectivity index (χ1n) is 5.65. The summed E-state index contributed by atoms with van der Waals surface area (Å²) in [7, 11) is 1.36. The van der Waals surface area contributed by atoms with Gasteiger partial charge in [-0.3, -0.25) is 0 Å². The topological polar surface area (TPSA) is 55.6 Å². The van der Waals surface area contributed by atoms with Gasteiger partial charge in [0.15, 0.2) is 11.7 Å². The van der Waals surface area contributed by atoms with E-state index in [1.54, 1.807) is 0 Å². The lowest BCUT2D eigenvalue weighted by Gasteiger charge is -2.30. The molecule has 0 saturated carbocycles. The highest BCUT2D eigenvalue weighted by molar-refractivity contribution is 4.93. The van der Waals surface area contributed by atoms with E-state index >= 15 is 0 Å². The van der Waals surface area contributed by atoms with Crippen LogP contribution in [0.15, 0.2) is 0 Å². The van der Waals surface area contributed by atoms with Crippen molar-refractivity contribution in [1.29, 1.82) is 0 Å². The van der Waals surface area contributed by atoms with Crippen LogP contribution in [0.25, 0.3) is 0 Å². The summed E-state index contributed by atoms with van der Waals surface area (Å²) in [5.74, 6) is -3.67. The Morgan fingerprint density at radius 2 is 1.70 bits per heavy atom. The summed E-state index contributed by atoms with van der Waals surface area (Å²) in [6.07, 6.45) is -11.4. The Hall–Kier alpha value is -1.39. The first kappa shape index (κ1) is 16.7. The predicted molar refractivity (Wildman–Crippen MR) is 55.6 cm³/mol.